The van der Waals surface area contributed by atoms with Crippen molar-refractivity contribution in [2.45, 2.75) is 37.3 Å². The van der Waals surface area contributed by atoms with Gasteiger partial charge >= 0.3 is 0 Å². The second kappa shape index (κ2) is 6.66. The molecule has 7 nitrogen and oxygen atoms in total. The molecular weight excluding hydrogens is 364 g/mol. The summed E-state index contributed by atoms with van der Waals surface area (Å²) < 4.78 is 28.4. The number of aromatic nitrogens is 4. The molecule has 0 radical (unpaired) electrons. The van der Waals surface area contributed by atoms with E-state index in [-0.39, 0.29) is 18.9 Å². The van der Waals surface area contributed by atoms with Crippen molar-refractivity contribution >= 4 is 22.8 Å². The topological polar surface area (TPSA) is 93.7 Å². The maximum atomic E-state index is 13.4. The summed E-state index contributed by atoms with van der Waals surface area (Å²) in [6.45, 7) is 2.20. The minimum absolute atomic E-state index is 0.229. The Kier molecular flexibility index (Phi) is 4.41. The van der Waals surface area contributed by atoms with Crippen LogP contribution in [0.2, 0.25) is 0 Å². The van der Waals surface area contributed by atoms with Gasteiger partial charge in [0.25, 0.3) is 5.92 Å². The third-order valence-corrected chi connectivity index (χ3v) is 5.02. The highest BCUT2D eigenvalue weighted by atomic mass is 19.3. The molecule has 0 unspecified atom stereocenters. The Morgan fingerprint density at radius 2 is 1.93 bits per heavy atom. The van der Waals surface area contributed by atoms with Gasteiger partial charge in [-0.1, -0.05) is 30.3 Å². The summed E-state index contributed by atoms with van der Waals surface area (Å²) in [5, 5.41) is 11.2. The molecule has 0 saturated heterocycles. The summed E-state index contributed by atoms with van der Waals surface area (Å²) in [6, 6.07) is 9.50. The molecule has 4 rings (SSSR count). The molecule has 1 aromatic carbocycles. The van der Waals surface area contributed by atoms with Gasteiger partial charge in [-0.3, -0.25) is 4.68 Å². The van der Waals surface area contributed by atoms with E-state index < -0.39 is 11.5 Å². The molecule has 28 heavy (non-hydrogen) atoms. The summed E-state index contributed by atoms with van der Waals surface area (Å²) >= 11 is 0. The Balaban J connectivity index is 1.56. The molecule has 0 spiro atoms. The van der Waals surface area contributed by atoms with E-state index in [1.807, 2.05) is 30.3 Å². The maximum absolute atomic E-state index is 13.4. The summed E-state index contributed by atoms with van der Waals surface area (Å²) in [5.74, 6) is -1.77. The number of alkyl halides is 2. The van der Waals surface area contributed by atoms with E-state index in [1.165, 1.54) is 0 Å². The van der Waals surface area contributed by atoms with Crippen LogP contribution in [0.3, 0.4) is 0 Å². The quantitative estimate of drug-likeness (QED) is 0.602. The second-order valence-corrected chi connectivity index (χ2v) is 7.69. The van der Waals surface area contributed by atoms with Gasteiger partial charge in [0.15, 0.2) is 5.65 Å². The van der Waals surface area contributed by atoms with Gasteiger partial charge in [0.2, 0.25) is 5.95 Å². The Labute approximate surface area is 161 Å². The van der Waals surface area contributed by atoms with Crippen LogP contribution in [0.1, 0.15) is 31.4 Å². The lowest BCUT2D eigenvalue weighted by molar-refractivity contribution is -0.109. The predicted molar refractivity (Wildman–Crippen MR) is 104 cm³/mol. The number of hydrogen-bond donors (Lipinski definition) is 3. The minimum atomic E-state index is -2.63. The van der Waals surface area contributed by atoms with Gasteiger partial charge < -0.3 is 16.4 Å². The number of rotatable bonds is 6. The number of anilines is 2. The Morgan fingerprint density at radius 1 is 1.21 bits per heavy atom. The fraction of sp³-hybridized carbons (Fsp3) is 0.421. The van der Waals surface area contributed by atoms with Crippen LogP contribution in [-0.4, -0.2) is 37.8 Å². The van der Waals surface area contributed by atoms with Crippen molar-refractivity contribution in [2.75, 3.05) is 17.2 Å². The number of nitrogens with two attached hydrogens (primary N) is 1. The average molecular weight is 387 g/mol. The molecule has 1 atom stereocenters. The van der Waals surface area contributed by atoms with Crippen LogP contribution >= 0.6 is 0 Å². The van der Waals surface area contributed by atoms with Crippen LogP contribution in [0.5, 0.6) is 0 Å². The highest BCUT2D eigenvalue weighted by Gasteiger charge is 2.54. The molecule has 4 N–H and O–H groups in total. The van der Waals surface area contributed by atoms with Gasteiger partial charge in [-0.15, -0.1) is 0 Å². The van der Waals surface area contributed by atoms with Crippen molar-refractivity contribution in [1.29, 1.82) is 0 Å². The van der Waals surface area contributed by atoms with Crippen molar-refractivity contribution in [3.05, 3.63) is 42.1 Å². The molecule has 9 heteroatoms. The number of benzene rings is 1. The van der Waals surface area contributed by atoms with E-state index in [9.17, 15) is 8.78 Å². The number of fused-ring (bicyclic) bond motifs is 1. The fourth-order valence-electron chi connectivity index (χ4n) is 3.68. The van der Waals surface area contributed by atoms with Gasteiger partial charge in [-0.25, -0.2) is 8.78 Å². The first-order chi connectivity index (χ1) is 13.2. The number of nitrogens with zero attached hydrogens (tertiary/aromatic N) is 4. The summed E-state index contributed by atoms with van der Waals surface area (Å²) in [5.41, 5.74) is 7.13. The maximum Gasteiger partial charge on any atom is 0.252 e. The molecule has 3 aromatic rings. The van der Waals surface area contributed by atoms with E-state index in [1.54, 1.807) is 24.9 Å². The molecular formula is C19H23F2N7. The third-order valence-electron chi connectivity index (χ3n) is 5.02. The molecule has 0 bridgehead atoms. The van der Waals surface area contributed by atoms with Crippen molar-refractivity contribution in [3.63, 3.8) is 0 Å². The van der Waals surface area contributed by atoms with Crippen molar-refractivity contribution in [1.82, 2.24) is 19.7 Å². The lowest BCUT2D eigenvalue weighted by Gasteiger charge is -2.45. The zero-order valence-electron chi connectivity index (χ0n) is 15.8. The lowest BCUT2D eigenvalue weighted by Crippen LogP contribution is -2.54. The van der Waals surface area contributed by atoms with E-state index in [2.05, 4.69) is 25.7 Å². The van der Waals surface area contributed by atoms with E-state index in [0.29, 0.717) is 29.3 Å². The van der Waals surface area contributed by atoms with Crippen molar-refractivity contribution < 1.29 is 8.78 Å². The SMILES string of the molecule is Cn1ncc2c(NC3(C)CC(F)(F)C3)nc(NC[C@H](N)c3ccccc3)nc21. The van der Waals surface area contributed by atoms with Crippen LogP contribution in [0.25, 0.3) is 11.0 Å². The van der Waals surface area contributed by atoms with Gasteiger partial charge in [0.05, 0.1) is 11.6 Å². The van der Waals surface area contributed by atoms with Gasteiger partial charge in [0.1, 0.15) is 5.82 Å². The van der Waals surface area contributed by atoms with Crippen LogP contribution < -0.4 is 16.4 Å². The normalized spacial score (nSPS) is 18.5. The third kappa shape index (κ3) is 3.62. The van der Waals surface area contributed by atoms with E-state index in [4.69, 9.17) is 5.73 Å². The molecule has 0 aliphatic heterocycles. The van der Waals surface area contributed by atoms with Crippen LogP contribution in [0.15, 0.2) is 36.5 Å². The first-order valence-corrected chi connectivity index (χ1v) is 9.15. The first-order valence-electron chi connectivity index (χ1n) is 9.15. The Hall–Kier alpha value is -2.81. The zero-order chi connectivity index (χ0) is 19.9. The predicted octanol–water partition coefficient (Wildman–Crippen LogP) is 3.07. The summed E-state index contributed by atoms with van der Waals surface area (Å²) in [4.78, 5) is 9.01. The molecule has 1 aliphatic rings. The molecule has 1 aliphatic carbocycles. The van der Waals surface area contributed by atoms with Crippen LogP contribution in [0, 0.1) is 0 Å². The van der Waals surface area contributed by atoms with Crippen LogP contribution in [-0.2, 0) is 7.05 Å². The minimum Gasteiger partial charge on any atom is -0.364 e. The fourth-order valence-corrected chi connectivity index (χ4v) is 3.68. The average Bonchev–Trinajstić information content (AvgIpc) is 3.00. The van der Waals surface area contributed by atoms with Gasteiger partial charge in [-0.05, 0) is 12.5 Å². The number of hydrogen-bond acceptors (Lipinski definition) is 6. The highest BCUT2D eigenvalue weighted by molar-refractivity contribution is 5.87. The van der Waals surface area contributed by atoms with E-state index >= 15 is 0 Å². The van der Waals surface area contributed by atoms with Crippen molar-refractivity contribution in [2.24, 2.45) is 12.8 Å². The number of aryl methyl sites for hydroxylation is 1. The molecule has 2 heterocycles. The standard InChI is InChI=1S/C19H23F2N7/c1-18(10-19(20,21)11-18)27-15-13-8-24-28(2)16(13)26-17(25-15)23-9-14(22)12-6-4-3-5-7-12/h3-8,14H,9-11,22H2,1-2H3,(H2,23,25,26,27)/t14-/m0/s1. The van der Waals surface area contributed by atoms with Gasteiger partial charge in [-0.2, -0.15) is 15.1 Å². The lowest BCUT2D eigenvalue weighted by atomic mass is 9.75. The molecule has 2 aromatic heterocycles. The summed E-state index contributed by atoms with van der Waals surface area (Å²) in [6.07, 6.45) is 1.18. The highest BCUT2D eigenvalue weighted by Crippen LogP contribution is 2.47. The number of nitrogens with one attached hydrogen (secondary N) is 2. The monoisotopic (exact) mass is 387 g/mol. The van der Waals surface area contributed by atoms with Crippen LogP contribution in [0.4, 0.5) is 20.5 Å². The Morgan fingerprint density at radius 3 is 2.61 bits per heavy atom. The summed E-state index contributed by atoms with van der Waals surface area (Å²) in [7, 11) is 1.78. The van der Waals surface area contributed by atoms with E-state index in [0.717, 1.165) is 5.56 Å². The second-order valence-electron chi connectivity index (χ2n) is 7.69. The molecule has 148 valence electrons. The molecule has 1 fully saturated rings. The molecule has 0 amide bonds. The Bertz CT molecular complexity index is 979. The smallest absolute Gasteiger partial charge is 0.252 e. The zero-order valence-corrected chi connectivity index (χ0v) is 15.8. The molecule has 1 saturated carbocycles. The largest absolute Gasteiger partial charge is 0.364 e. The number of halogens is 2. The van der Waals surface area contributed by atoms with Gasteiger partial charge in [0, 0.05) is 38.0 Å². The van der Waals surface area contributed by atoms with Crippen molar-refractivity contribution in [3.8, 4) is 0 Å². The first kappa shape index (κ1) is 18.5.